The molecule has 1 fully saturated rings. The second-order valence-corrected chi connectivity index (χ2v) is 5.30. The molecule has 1 saturated carbocycles. The minimum absolute atomic E-state index is 0.0140. The van der Waals surface area contributed by atoms with Crippen molar-refractivity contribution in [1.82, 2.24) is 9.97 Å². The van der Waals surface area contributed by atoms with Crippen molar-refractivity contribution in [1.29, 1.82) is 0 Å². The van der Waals surface area contributed by atoms with Gasteiger partial charge in [0.25, 0.3) is 5.88 Å². The van der Waals surface area contributed by atoms with Crippen LogP contribution >= 0.6 is 0 Å². The lowest BCUT2D eigenvalue weighted by Crippen LogP contribution is -2.17. The first-order valence-electron chi connectivity index (χ1n) is 7.62. The monoisotopic (exact) mass is 294 g/mol. The molecule has 21 heavy (non-hydrogen) atoms. The molecule has 7 heteroatoms. The molecule has 0 atom stereocenters. The average Bonchev–Trinajstić information content (AvgIpc) is 2.73. The van der Waals surface area contributed by atoms with Crippen LogP contribution in [0.4, 0.5) is 11.6 Å². The molecule has 0 bridgehead atoms. The van der Waals surface area contributed by atoms with E-state index in [0.717, 1.165) is 38.6 Å². The number of hydrogen-bond acceptors (Lipinski definition) is 6. The first kappa shape index (κ1) is 15.5. The fourth-order valence-corrected chi connectivity index (χ4v) is 2.41. The minimum Gasteiger partial charge on any atom is -0.469 e. The number of aromatic nitrogens is 2. The molecule has 0 aromatic carbocycles. The highest BCUT2D eigenvalue weighted by Crippen LogP contribution is 2.28. The van der Waals surface area contributed by atoms with Gasteiger partial charge in [-0.3, -0.25) is 10.1 Å². The van der Waals surface area contributed by atoms with Gasteiger partial charge in [-0.05, 0) is 32.1 Å². The number of anilines is 1. The van der Waals surface area contributed by atoms with Crippen LogP contribution in [0.15, 0.2) is 6.20 Å². The second-order valence-electron chi connectivity index (χ2n) is 5.30. The molecular weight excluding hydrogens is 272 g/mol. The lowest BCUT2D eigenvalue weighted by Gasteiger charge is -2.16. The first-order chi connectivity index (χ1) is 10.2. The molecule has 0 aliphatic heterocycles. The largest absolute Gasteiger partial charge is 0.469 e. The number of nitrogens with zero attached hydrogens (tertiary/aromatic N) is 3. The van der Waals surface area contributed by atoms with Crippen LogP contribution in [0, 0.1) is 10.1 Å². The maximum Gasteiger partial charge on any atom is 0.349 e. The van der Waals surface area contributed by atoms with E-state index in [2.05, 4.69) is 15.3 Å². The standard InChI is InChI=1S/C14H22N4O3/c1-2-9-15-14-16-10-12(18(19)20)13(17-14)21-11-7-5-3-4-6-8-11/h10-11H,2-9H2,1H3,(H,15,16,17). The Hall–Kier alpha value is -1.92. The quantitative estimate of drug-likeness (QED) is 0.492. The number of nitro groups is 1. The van der Waals surface area contributed by atoms with Crippen LogP contribution in [0.3, 0.4) is 0 Å². The van der Waals surface area contributed by atoms with E-state index in [1.807, 2.05) is 6.92 Å². The van der Waals surface area contributed by atoms with Crippen molar-refractivity contribution in [2.45, 2.75) is 58.0 Å². The Labute approximate surface area is 124 Å². The second kappa shape index (κ2) is 7.75. The first-order valence-corrected chi connectivity index (χ1v) is 7.62. The van der Waals surface area contributed by atoms with Crippen molar-refractivity contribution >= 4 is 11.6 Å². The van der Waals surface area contributed by atoms with Gasteiger partial charge in [0.1, 0.15) is 12.3 Å². The molecule has 2 rings (SSSR count). The highest BCUT2D eigenvalue weighted by molar-refractivity contribution is 5.43. The van der Waals surface area contributed by atoms with Crippen molar-refractivity contribution in [2.24, 2.45) is 0 Å². The Morgan fingerprint density at radius 3 is 2.71 bits per heavy atom. The van der Waals surface area contributed by atoms with Crippen molar-refractivity contribution in [3.8, 4) is 5.88 Å². The van der Waals surface area contributed by atoms with Gasteiger partial charge >= 0.3 is 5.69 Å². The molecule has 0 radical (unpaired) electrons. The summed E-state index contributed by atoms with van der Waals surface area (Å²) in [5, 5.41) is 14.1. The van der Waals surface area contributed by atoms with E-state index in [9.17, 15) is 10.1 Å². The Bertz CT molecular complexity index is 473. The van der Waals surface area contributed by atoms with Crippen molar-refractivity contribution in [3.05, 3.63) is 16.3 Å². The molecule has 0 amide bonds. The van der Waals surface area contributed by atoms with Crippen LogP contribution < -0.4 is 10.1 Å². The maximum absolute atomic E-state index is 11.1. The van der Waals surface area contributed by atoms with Crippen LogP contribution in [0.25, 0.3) is 0 Å². The third kappa shape index (κ3) is 4.54. The van der Waals surface area contributed by atoms with Gasteiger partial charge in [0, 0.05) is 6.54 Å². The lowest BCUT2D eigenvalue weighted by atomic mass is 10.1. The topological polar surface area (TPSA) is 90.2 Å². The van der Waals surface area contributed by atoms with Gasteiger partial charge in [-0.2, -0.15) is 4.98 Å². The van der Waals surface area contributed by atoms with E-state index in [4.69, 9.17) is 4.74 Å². The molecule has 116 valence electrons. The molecule has 1 N–H and O–H groups in total. The smallest absolute Gasteiger partial charge is 0.349 e. The predicted octanol–water partition coefficient (Wildman–Crippen LogP) is 3.31. The molecule has 1 aromatic heterocycles. The lowest BCUT2D eigenvalue weighted by molar-refractivity contribution is -0.386. The van der Waals surface area contributed by atoms with E-state index >= 15 is 0 Å². The molecule has 1 aromatic rings. The Morgan fingerprint density at radius 1 is 1.38 bits per heavy atom. The number of hydrogen-bond donors (Lipinski definition) is 1. The zero-order valence-electron chi connectivity index (χ0n) is 12.4. The number of nitrogens with one attached hydrogen (secondary N) is 1. The zero-order valence-corrected chi connectivity index (χ0v) is 12.4. The van der Waals surface area contributed by atoms with E-state index in [1.165, 1.54) is 19.0 Å². The number of rotatable bonds is 6. The fraction of sp³-hybridized carbons (Fsp3) is 0.714. The normalized spacial score (nSPS) is 16.2. The third-order valence-corrected chi connectivity index (χ3v) is 3.55. The highest BCUT2D eigenvalue weighted by atomic mass is 16.6. The average molecular weight is 294 g/mol. The molecule has 7 nitrogen and oxygen atoms in total. The minimum atomic E-state index is -0.490. The van der Waals surface area contributed by atoms with Gasteiger partial charge in [-0.25, -0.2) is 4.98 Å². The van der Waals surface area contributed by atoms with Crippen molar-refractivity contribution in [3.63, 3.8) is 0 Å². The van der Waals surface area contributed by atoms with Crippen molar-refractivity contribution in [2.75, 3.05) is 11.9 Å². The van der Waals surface area contributed by atoms with Gasteiger partial charge in [-0.15, -0.1) is 0 Å². The summed E-state index contributed by atoms with van der Waals surface area (Å²) < 4.78 is 5.82. The summed E-state index contributed by atoms with van der Waals surface area (Å²) in [6.45, 7) is 2.75. The van der Waals surface area contributed by atoms with Crippen LogP contribution in [0.2, 0.25) is 0 Å². The summed E-state index contributed by atoms with van der Waals surface area (Å²) in [5.74, 6) is 0.464. The third-order valence-electron chi connectivity index (χ3n) is 3.55. The van der Waals surface area contributed by atoms with Crippen molar-refractivity contribution < 1.29 is 9.66 Å². The summed E-state index contributed by atoms with van der Waals surface area (Å²) in [6.07, 6.45) is 8.63. The summed E-state index contributed by atoms with van der Waals surface area (Å²) in [4.78, 5) is 18.7. The van der Waals surface area contributed by atoms with E-state index in [1.54, 1.807) is 0 Å². The summed E-state index contributed by atoms with van der Waals surface area (Å²) >= 11 is 0. The Kier molecular flexibility index (Phi) is 5.71. The molecular formula is C14H22N4O3. The summed E-state index contributed by atoms with van der Waals surface area (Å²) in [6, 6.07) is 0. The van der Waals surface area contributed by atoms with Gasteiger partial charge in [0.15, 0.2) is 0 Å². The molecule has 0 unspecified atom stereocenters. The van der Waals surface area contributed by atoms with Crippen LogP contribution in [-0.2, 0) is 0 Å². The van der Waals surface area contributed by atoms with Gasteiger partial charge < -0.3 is 10.1 Å². The fourth-order valence-electron chi connectivity index (χ4n) is 2.41. The Balaban J connectivity index is 2.14. The Morgan fingerprint density at radius 2 is 2.10 bits per heavy atom. The zero-order chi connectivity index (χ0) is 15.1. The van der Waals surface area contributed by atoms with Gasteiger partial charge in [-0.1, -0.05) is 19.8 Å². The summed E-state index contributed by atoms with van der Waals surface area (Å²) in [7, 11) is 0. The van der Waals surface area contributed by atoms with Gasteiger partial charge in [0.05, 0.1) is 4.92 Å². The molecule has 0 saturated heterocycles. The van der Waals surface area contributed by atoms with Crippen LogP contribution in [-0.4, -0.2) is 27.5 Å². The van der Waals surface area contributed by atoms with Crippen LogP contribution in [0.1, 0.15) is 51.9 Å². The summed E-state index contributed by atoms with van der Waals surface area (Å²) in [5.41, 5.74) is -0.165. The molecule has 1 heterocycles. The molecule has 1 aliphatic carbocycles. The van der Waals surface area contributed by atoms with E-state index in [0.29, 0.717) is 5.95 Å². The van der Waals surface area contributed by atoms with E-state index in [-0.39, 0.29) is 17.7 Å². The number of ether oxygens (including phenoxy) is 1. The van der Waals surface area contributed by atoms with E-state index < -0.39 is 4.92 Å². The van der Waals surface area contributed by atoms with Crippen LogP contribution in [0.5, 0.6) is 5.88 Å². The predicted molar refractivity (Wildman–Crippen MR) is 79.6 cm³/mol. The molecule has 0 spiro atoms. The SMILES string of the molecule is CCCNc1ncc([N+](=O)[O-])c(OC2CCCCCC2)n1. The highest BCUT2D eigenvalue weighted by Gasteiger charge is 2.23. The maximum atomic E-state index is 11.1. The molecule has 1 aliphatic rings. The van der Waals surface area contributed by atoms with Gasteiger partial charge in [0.2, 0.25) is 5.95 Å².